The summed E-state index contributed by atoms with van der Waals surface area (Å²) in [5, 5.41) is 0.576. The highest BCUT2D eigenvalue weighted by molar-refractivity contribution is 9.10. The maximum atomic E-state index is 5.90. The molecule has 2 aromatic rings. The van der Waals surface area contributed by atoms with E-state index in [1.165, 1.54) is 0 Å². The molecule has 0 saturated heterocycles. The Morgan fingerprint density at radius 3 is 2.46 bits per heavy atom. The fraction of sp³-hybridized carbons (Fsp3) is 0. The molecule has 1 aromatic heterocycles. The molecule has 0 unspecified atom stereocenters. The lowest BCUT2D eigenvalue weighted by molar-refractivity contribution is 1.42. The third kappa shape index (κ3) is 1.93. The van der Waals surface area contributed by atoms with Gasteiger partial charge in [-0.2, -0.15) is 0 Å². The molecule has 0 fully saturated rings. The number of hydrogen-bond donors (Lipinski definition) is 0. The highest BCUT2D eigenvalue weighted by atomic mass is 79.9. The van der Waals surface area contributed by atoms with Gasteiger partial charge in [0.15, 0.2) is 0 Å². The van der Waals surface area contributed by atoms with E-state index in [9.17, 15) is 0 Å². The average molecular weight is 275 g/mol. The minimum atomic E-state index is 0.576. The van der Waals surface area contributed by atoms with Gasteiger partial charge >= 0.3 is 0 Å². The number of rotatable bonds is 1. The predicted molar refractivity (Wildman–Crippen MR) is 60.3 cm³/mol. The molecule has 0 atom stereocenters. The second-order valence-corrected chi connectivity index (χ2v) is 4.61. The van der Waals surface area contributed by atoms with E-state index in [2.05, 4.69) is 20.9 Å². The van der Waals surface area contributed by atoms with Crippen molar-refractivity contribution in [3.05, 3.63) is 39.4 Å². The summed E-state index contributed by atoms with van der Waals surface area (Å²) in [5.74, 6) is 0. The fourth-order valence-corrected chi connectivity index (χ4v) is 2.32. The number of thiazole rings is 1. The molecular weight excluding hydrogens is 270 g/mol. The Bertz CT molecular complexity index is 410. The first-order valence-corrected chi connectivity index (χ1v) is 5.67. The lowest BCUT2D eigenvalue weighted by atomic mass is 10.2. The molecule has 0 aliphatic rings. The van der Waals surface area contributed by atoms with Crippen LogP contribution in [0.15, 0.2) is 34.2 Å². The van der Waals surface area contributed by atoms with Gasteiger partial charge in [-0.15, -0.1) is 11.3 Å². The third-order valence-electron chi connectivity index (χ3n) is 1.63. The molecule has 2 rings (SSSR count). The summed E-state index contributed by atoms with van der Waals surface area (Å²) in [6.07, 6.45) is 0. The zero-order chi connectivity index (χ0) is 9.26. The van der Waals surface area contributed by atoms with Gasteiger partial charge in [0.25, 0.3) is 0 Å². The van der Waals surface area contributed by atoms with Gasteiger partial charge < -0.3 is 0 Å². The first kappa shape index (κ1) is 9.19. The maximum Gasteiger partial charge on any atom is 0.147 e. The van der Waals surface area contributed by atoms with Gasteiger partial charge in [0.05, 0.1) is 10.4 Å². The number of aromatic nitrogens is 1. The highest BCUT2D eigenvalue weighted by Crippen LogP contribution is 2.31. The van der Waals surface area contributed by atoms with Crippen LogP contribution in [-0.2, 0) is 0 Å². The number of hydrogen-bond acceptors (Lipinski definition) is 2. The Morgan fingerprint density at radius 1 is 1.23 bits per heavy atom. The van der Waals surface area contributed by atoms with E-state index in [4.69, 9.17) is 11.6 Å². The Hall–Kier alpha value is -0.380. The van der Waals surface area contributed by atoms with E-state index in [0.29, 0.717) is 5.15 Å². The van der Waals surface area contributed by atoms with Gasteiger partial charge in [-0.3, -0.25) is 0 Å². The van der Waals surface area contributed by atoms with Crippen LogP contribution in [-0.4, -0.2) is 4.98 Å². The predicted octanol–water partition coefficient (Wildman–Crippen LogP) is 4.23. The van der Waals surface area contributed by atoms with Crippen molar-refractivity contribution >= 4 is 38.9 Å². The third-order valence-corrected chi connectivity index (χ3v) is 3.43. The van der Waals surface area contributed by atoms with Crippen molar-refractivity contribution in [1.29, 1.82) is 0 Å². The van der Waals surface area contributed by atoms with Gasteiger partial charge in [-0.25, -0.2) is 4.98 Å². The first-order chi connectivity index (χ1) is 6.27. The standard InChI is InChI=1S/C9H5BrClNS/c10-7-3-1-6(2-4-7)8-9(11)12-5-13-8/h1-5H. The van der Waals surface area contributed by atoms with Crippen molar-refractivity contribution in [2.45, 2.75) is 0 Å². The summed E-state index contributed by atoms with van der Waals surface area (Å²) < 4.78 is 1.07. The normalized spacial score (nSPS) is 10.3. The van der Waals surface area contributed by atoms with Crippen molar-refractivity contribution < 1.29 is 0 Å². The second kappa shape index (κ2) is 3.78. The van der Waals surface area contributed by atoms with Crippen molar-refractivity contribution in [2.24, 2.45) is 0 Å². The molecule has 4 heteroatoms. The molecule has 0 aliphatic heterocycles. The van der Waals surface area contributed by atoms with E-state index < -0.39 is 0 Å². The molecule has 0 aliphatic carbocycles. The molecule has 0 spiro atoms. The Balaban J connectivity index is 2.47. The molecule has 0 bridgehead atoms. The minimum Gasteiger partial charge on any atom is -0.232 e. The fourth-order valence-electron chi connectivity index (χ4n) is 1.02. The number of nitrogens with zero attached hydrogens (tertiary/aromatic N) is 1. The quantitative estimate of drug-likeness (QED) is 0.758. The average Bonchev–Trinajstić information content (AvgIpc) is 2.53. The molecule has 1 nitrogen and oxygen atoms in total. The van der Waals surface area contributed by atoms with Crippen LogP contribution in [0.4, 0.5) is 0 Å². The van der Waals surface area contributed by atoms with Crippen LogP contribution in [0.1, 0.15) is 0 Å². The van der Waals surface area contributed by atoms with Crippen molar-refractivity contribution in [2.75, 3.05) is 0 Å². The van der Waals surface area contributed by atoms with E-state index in [0.717, 1.165) is 14.9 Å². The second-order valence-electron chi connectivity index (χ2n) is 2.48. The molecule has 66 valence electrons. The smallest absolute Gasteiger partial charge is 0.147 e. The molecule has 0 amide bonds. The van der Waals surface area contributed by atoms with Gasteiger partial charge in [-0.05, 0) is 17.7 Å². The van der Waals surface area contributed by atoms with Crippen LogP contribution < -0.4 is 0 Å². The Morgan fingerprint density at radius 2 is 1.92 bits per heavy atom. The first-order valence-electron chi connectivity index (χ1n) is 3.62. The van der Waals surface area contributed by atoms with Gasteiger partial charge in [0, 0.05) is 4.47 Å². The lowest BCUT2D eigenvalue weighted by Crippen LogP contribution is -1.73. The lowest BCUT2D eigenvalue weighted by Gasteiger charge is -1.96. The Kier molecular flexibility index (Phi) is 2.67. The van der Waals surface area contributed by atoms with E-state index >= 15 is 0 Å². The molecule has 1 heterocycles. The van der Waals surface area contributed by atoms with Crippen molar-refractivity contribution in [3.8, 4) is 10.4 Å². The summed E-state index contributed by atoms with van der Waals surface area (Å²) in [4.78, 5) is 5.01. The summed E-state index contributed by atoms with van der Waals surface area (Å²) in [5.41, 5.74) is 2.86. The van der Waals surface area contributed by atoms with Gasteiger partial charge in [-0.1, -0.05) is 39.7 Å². The summed E-state index contributed by atoms with van der Waals surface area (Å²) >= 11 is 10.8. The van der Waals surface area contributed by atoms with Gasteiger partial charge in [0.1, 0.15) is 5.15 Å². The molecule has 0 saturated carbocycles. The zero-order valence-electron chi connectivity index (χ0n) is 6.50. The van der Waals surface area contributed by atoms with Crippen LogP contribution in [0, 0.1) is 0 Å². The summed E-state index contributed by atoms with van der Waals surface area (Å²) in [6.45, 7) is 0. The van der Waals surface area contributed by atoms with E-state index in [-0.39, 0.29) is 0 Å². The largest absolute Gasteiger partial charge is 0.232 e. The zero-order valence-corrected chi connectivity index (χ0v) is 9.66. The van der Waals surface area contributed by atoms with E-state index in [1.807, 2.05) is 24.3 Å². The number of benzene rings is 1. The number of halogens is 2. The summed E-state index contributed by atoms with van der Waals surface area (Å²) in [7, 11) is 0. The topological polar surface area (TPSA) is 12.9 Å². The summed E-state index contributed by atoms with van der Waals surface area (Å²) in [6, 6.07) is 8.02. The highest BCUT2D eigenvalue weighted by Gasteiger charge is 2.05. The van der Waals surface area contributed by atoms with Crippen LogP contribution >= 0.6 is 38.9 Å². The molecular formula is C9H5BrClNS. The van der Waals surface area contributed by atoms with Crippen molar-refractivity contribution in [3.63, 3.8) is 0 Å². The maximum absolute atomic E-state index is 5.90. The molecule has 1 aromatic carbocycles. The SMILES string of the molecule is Clc1ncsc1-c1ccc(Br)cc1. The van der Waals surface area contributed by atoms with E-state index in [1.54, 1.807) is 16.8 Å². The Labute approximate surface area is 93.5 Å². The van der Waals surface area contributed by atoms with Crippen molar-refractivity contribution in [1.82, 2.24) is 4.98 Å². The molecule has 0 radical (unpaired) electrons. The minimum absolute atomic E-state index is 0.576. The van der Waals surface area contributed by atoms with Crippen LogP contribution in [0.2, 0.25) is 5.15 Å². The monoisotopic (exact) mass is 273 g/mol. The van der Waals surface area contributed by atoms with Gasteiger partial charge in [0.2, 0.25) is 0 Å². The molecule has 0 N–H and O–H groups in total. The van der Waals surface area contributed by atoms with Crippen LogP contribution in [0.25, 0.3) is 10.4 Å². The molecule has 13 heavy (non-hydrogen) atoms. The van der Waals surface area contributed by atoms with Crippen LogP contribution in [0.3, 0.4) is 0 Å². The van der Waals surface area contributed by atoms with Crippen LogP contribution in [0.5, 0.6) is 0 Å².